The SMILES string of the molecule is C[C@H](O)/C=C/[C@H]1O[C@H]2CC(=O)O[C@H]2[C@H]1OCc1ccccc1. The Morgan fingerprint density at radius 1 is 1.41 bits per heavy atom. The van der Waals surface area contributed by atoms with Crippen LogP contribution in [-0.4, -0.2) is 41.6 Å². The van der Waals surface area contributed by atoms with E-state index in [1.165, 1.54) is 0 Å². The molecule has 5 heteroatoms. The molecule has 2 heterocycles. The molecule has 0 spiro atoms. The first-order valence-corrected chi connectivity index (χ1v) is 7.50. The maximum atomic E-state index is 11.4. The molecule has 1 N–H and O–H groups in total. The summed E-state index contributed by atoms with van der Waals surface area (Å²) in [5.74, 6) is -0.249. The minimum Gasteiger partial charge on any atom is -0.457 e. The molecule has 0 unspecified atom stereocenters. The first kappa shape index (κ1) is 15.2. The summed E-state index contributed by atoms with van der Waals surface area (Å²) in [6, 6.07) is 9.81. The van der Waals surface area contributed by atoms with Crippen LogP contribution in [0.25, 0.3) is 0 Å². The summed E-state index contributed by atoms with van der Waals surface area (Å²) in [6.07, 6.45) is 1.83. The van der Waals surface area contributed by atoms with Gasteiger partial charge in [-0.3, -0.25) is 4.79 Å². The van der Waals surface area contributed by atoms with E-state index in [-0.39, 0.29) is 36.8 Å². The van der Waals surface area contributed by atoms with Crippen LogP contribution in [0.1, 0.15) is 18.9 Å². The predicted octanol–water partition coefficient (Wildman–Crippen LogP) is 1.59. The third kappa shape index (κ3) is 3.38. The zero-order valence-electron chi connectivity index (χ0n) is 12.4. The topological polar surface area (TPSA) is 65.0 Å². The van der Waals surface area contributed by atoms with E-state index in [0.717, 1.165) is 5.56 Å². The van der Waals surface area contributed by atoms with Gasteiger partial charge in [-0.25, -0.2) is 0 Å². The molecule has 1 aromatic rings. The molecule has 0 aliphatic carbocycles. The van der Waals surface area contributed by atoms with Gasteiger partial charge in [0.1, 0.15) is 18.3 Å². The van der Waals surface area contributed by atoms with Crippen molar-refractivity contribution in [1.29, 1.82) is 0 Å². The van der Waals surface area contributed by atoms with Crippen LogP contribution >= 0.6 is 0 Å². The van der Waals surface area contributed by atoms with Crippen molar-refractivity contribution in [2.75, 3.05) is 0 Å². The molecule has 118 valence electrons. The Kier molecular flexibility index (Phi) is 4.57. The lowest BCUT2D eigenvalue weighted by atomic mass is 10.1. The summed E-state index contributed by atoms with van der Waals surface area (Å²) < 4.78 is 17.1. The highest BCUT2D eigenvalue weighted by atomic mass is 16.6. The number of hydrogen-bond acceptors (Lipinski definition) is 5. The number of benzene rings is 1. The molecule has 0 aromatic heterocycles. The molecule has 1 aromatic carbocycles. The van der Waals surface area contributed by atoms with Crippen molar-refractivity contribution in [3.05, 3.63) is 48.0 Å². The molecular weight excluding hydrogens is 284 g/mol. The molecule has 0 amide bonds. The number of fused-ring (bicyclic) bond motifs is 1. The average Bonchev–Trinajstić information content (AvgIpc) is 3.00. The van der Waals surface area contributed by atoms with Gasteiger partial charge in [0, 0.05) is 0 Å². The fourth-order valence-electron chi connectivity index (χ4n) is 2.81. The third-order valence-electron chi connectivity index (χ3n) is 3.85. The van der Waals surface area contributed by atoms with Crippen molar-refractivity contribution in [1.82, 2.24) is 0 Å². The van der Waals surface area contributed by atoms with E-state index < -0.39 is 6.10 Å². The highest BCUT2D eigenvalue weighted by molar-refractivity contribution is 5.73. The zero-order chi connectivity index (χ0) is 15.5. The number of aliphatic hydroxyl groups excluding tert-OH is 1. The molecule has 5 atom stereocenters. The smallest absolute Gasteiger partial charge is 0.309 e. The number of esters is 1. The number of carbonyl (C=O) groups is 1. The number of ether oxygens (including phenoxy) is 3. The lowest BCUT2D eigenvalue weighted by Gasteiger charge is -2.20. The second-order valence-corrected chi connectivity index (χ2v) is 5.68. The number of carbonyl (C=O) groups excluding carboxylic acids is 1. The van der Waals surface area contributed by atoms with E-state index in [1.54, 1.807) is 19.1 Å². The summed E-state index contributed by atoms with van der Waals surface area (Å²) in [5, 5.41) is 9.38. The van der Waals surface area contributed by atoms with Gasteiger partial charge >= 0.3 is 5.97 Å². The predicted molar refractivity (Wildman–Crippen MR) is 79.0 cm³/mol. The summed E-state index contributed by atoms with van der Waals surface area (Å²) in [6.45, 7) is 2.10. The van der Waals surface area contributed by atoms with Crippen LogP contribution in [0.2, 0.25) is 0 Å². The maximum absolute atomic E-state index is 11.4. The normalized spacial score (nSPS) is 32.2. The molecule has 2 aliphatic rings. The molecule has 2 saturated heterocycles. The van der Waals surface area contributed by atoms with E-state index in [9.17, 15) is 9.90 Å². The van der Waals surface area contributed by atoms with Gasteiger partial charge in [-0.15, -0.1) is 0 Å². The first-order valence-electron chi connectivity index (χ1n) is 7.50. The van der Waals surface area contributed by atoms with Crippen LogP contribution in [0.15, 0.2) is 42.5 Å². The minimum atomic E-state index is -0.554. The van der Waals surface area contributed by atoms with E-state index in [2.05, 4.69) is 0 Å². The van der Waals surface area contributed by atoms with E-state index in [0.29, 0.717) is 6.61 Å². The second kappa shape index (κ2) is 6.60. The molecule has 3 rings (SSSR count). The van der Waals surface area contributed by atoms with Crippen LogP contribution in [0.4, 0.5) is 0 Å². The van der Waals surface area contributed by atoms with E-state index in [1.807, 2.05) is 30.3 Å². The second-order valence-electron chi connectivity index (χ2n) is 5.68. The van der Waals surface area contributed by atoms with Gasteiger partial charge in [0.15, 0.2) is 6.10 Å². The van der Waals surface area contributed by atoms with Gasteiger partial charge in [0.05, 0.1) is 19.1 Å². The van der Waals surface area contributed by atoms with Crippen LogP contribution in [-0.2, 0) is 25.6 Å². The third-order valence-corrected chi connectivity index (χ3v) is 3.85. The Morgan fingerprint density at radius 3 is 2.91 bits per heavy atom. The molecule has 22 heavy (non-hydrogen) atoms. The fourth-order valence-corrected chi connectivity index (χ4v) is 2.81. The quantitative estimate of drug-likeness (QED) is 0.661. The van der Waals surface area contributed by atoms with Crippen molar-refractivity contribution in [2.45, 2.75) is 50.5 Å². The molecular formula is C17H20O5. The van der Waals surface area contributed by atoms with Gasteiger partial charge in [-0.05, 0) is 12.5 Å². The highest BCUT2D eigenvalue weighted by Crippen LogP contribution is 2.34. The van der Waals surface area contributed by atoms with Gasteiger partial charge in [0.2, 0.25) is 0 Å². The van der Waals surface area contributed by atoms with Crippen molar-refractivity contribution >= 4 is 5.97 Å². The maximum Gasteiger partial charge on any atom is 0.309 e. The Morgan fingerprint density at radius 2 is 2.18 bits per heavy atom. The van der Waals surface area contributed by atoms with Crippen LogP contribution in [0, 0.1) is 0 Å². The van der Waals surface area contributed by atoms with Gasteiger partial charge in [-0.2, -0.15) is 0 Å². The van der Waals surface area contributed by atoms with Crippen molar-refractivity contribution < 1.29 is 24.1 Å². The average molecular weight is 304 g/mol. The summed E-state index contributed by atoms with van der Waals surface area (Å²) in [4.78, 5) is 11.4. The minimum absolute atomic E-state index is 0.249. The molecule has 5 nitrogen and oxygen atoms in total. The van der Waals surface area contributed by atoms with Gasteiger partial charge in [0.25, 0.3) is 0 Å². The zero-order valence-corrected chi connectivity index (χ0v) is 12.4. The fraction of sp³-hybridized carbons (Fsp3) is 0.471. The molecule has 0 bridgehead atoms. The van der Waals surface area contributed by atoms with Crippen LogP contribution in [0.3, 0.4) is 0 Å². The van der Waals surface area contributed by atoms with Crippen molar-refractivity contribution in [3.63, 3.8) is 0 Å². The number of rotatable bonds is 5. The molecule has 0 radical (unpaired) electrons. The Labute approximate surface area is 129 Å². The van der Waals surface area contributed by atoms with E-state index >= 15 is 0 Å². The largest absolute Gasteiger partial charge is 0.457 e. The lowest BCUT2D eigenvalue weighted by Crippen LogP contribution is -2.34. The van der Waals surface area contributed by atoms with Crippen molar-refractivity contribution in [3.8, 4) is 0 Å². The van der Waals surface area contributed by atoms with E-state index in [4.69, 9.17) is 14.2 Å². The molecule has 2 fully saturated rings. The van der Waals surface area contributed by atoms with Crippen LogP contribution in [0.5, 0.6) is 0 Å². The van der Waals surface area contributed by atoms with Gasteiger partial charge in [-0.1, -0.05) is 42.5 Å². The van der Waals surface area contributed by atoms with Crippen molar-refractivity contribution in [2.24, 2.45) is 0 Å². The standard InChI is InChI=1S/C17H20O5/c1-11(18)7-8-13-16(17-14(21-13)9-15(19)22-17)20-10-12-5-3-2-4-6-12/h2-8,11,13-14,16-18H,9-10H2,1H3/b8-7+/t11-,13+,14-,16-,17+/m0/s1. The number of hydrogen-bond donors (Lipinski definition) is 1. The summed E-state index contributed by atoms with van der Waals surface area (Å²) >= 11 is 0. The Bertz CT molecular complexity index is 539. The number of aliphatic hydroxyl groups is 1. The summed E-state index contributed by atoms with van der Waals surface area (Å²) in [5.41, 5.74) is 1.05. The molecule has 0 saturated carbocycles. The Balaban J connectivity index is 1.69. The first-order chi connectivity index (χ1) is 10.6. The summed E-state index contributed by atoms with van der Waals surface area (Å²) in [7, 11) is 0. The Hall–Kier alpha value is -1.69. The highest BCUT2D eigenvalue weighted by Gasteiger charge is 2.51. The van der Waals surface area contributed by atoms with Gasteiger partial charge < -0.3 is 19.3 Å². The van der Waals surface area contributed by atoms with Crippen LogP contribution < -0.4 is 0 Å². The molecule has 2 aliphatic heterocycles. The lowest BCUT2D eigenvalue weighted by molar-refractivity contribution is -0.147. The monoisotopic (exact) mass is 304 g/mol.